The van der Waals surface area contributed by atoms with Gasteiger partial charge in [0.05, 0.1) is 17.4 Å². The lowest BCUT2D eigenvalue weighted by Crippen LogP contribution is -2.17. The van der Waals surface area contributed by atoms with Crippen molar-refractivity contribution in [2.75, 3.05) is 16.8 Å². The van der Waals surface area contributed by atoms with Crippen molar-refractivity contribution in [3.8, 4) is 0 Å². The third-order valence-electron chi connectivity index (χ3n) is 4.23. The van der Waals surface area contributed by atoms with Gasteiger partial charge in [-0.1, -0.05) is 29.8 Å². The Labute approximate surface area is 157 Å². The molecular weight excluding hydrogens is 379 g/mol. The van der Waals surface area contributed by atoms with E-state index in [9.17, 15) is 13.2 Å². The first kappa shape index (κ1) is 17.5. The highest BCUT2D eigenvalue weighted by Gasteiger charge is 2.34. The number of nitrogens with one attached hydrogen (secondary N) is 1. The Balaban J connectivity index is 1.66. The second kappa shape index (κ2) is 6.70. The molecule has 4 rings (SSSR count). The van der Waals surface area contributed by atoms with Crippen LogP contribution in [0, 0.1) is 0 Å². The Morgan fingerprint density at radius 3 is 2.74 bits per heavy atom. The predicted octanol–water partition coefficient (Wildman–Crippen LogP) is 4.98. The quantitative estimate of drug-likeness (QED) is 0.682. The standard InChI is InChI=1S/C18H13ClF3N5/c19-12-5-6-14(13(9-12)18(20,21)22)24-16-10-23-26-17(25-16)27-8-7-11-3-1-2-4-15(11)27/h1-6,9-10H,7-8H2,(H,24,25,26). The number of fused-ring (bicyclic) bond motifs is 1. The van der Waals surface area contributed by atoms with Crippen LogP contribution in [0.4, 0.5) is 36.3 Å². The summed E-state index contributed by atoms with van der Waals surface area (Å²) in [6.45, 7) is 0.680. The number of hydrogen-bond donors (Lipinski definition) is 1. The van der Waals surface area contributed by atoms with Gasteiger partial charge in [0.2, 0.25) is 0 Å². The summed E-state index contributed by atoms with van der Waals surface area (Å²) in [4.78, 5) is 6.22. The molecule has 1 aromatic heterocycles. The molecule has 2 aromatic carbocycles. The number of anilines is 4. The van der Waals surface area contributed by atoms with Crippen molar-refractivity contribution < 1.29 is 13.2 Å². The summed E-state index contributed by atoms with van der Waals surface area (Å²) in [6, 6.07) is 11.4. The van der Waals surface area contributed by atoms with Gasteiger partial charge in [0.25, 0.3) is 5.95 Å². The smallest absolute Gasteiger partial charge is 0.338 e. The molecule has 0 bridgehead atoms. The Bertz CT molecular complexity index is 993. The minimum atomic E-state index is -4.55. The summed E-state index contributed by atoms with van der Waals surface area (Å²) >= 11 is 5.71. The summed E-state index contributed by atoms with van der Waals surface area (Å²) in [5.74, 6) is 0.490. The van der Waals surface area contributed by atoms with Crippen molar-refractivity contribution >= 4 is 34.7 Å². The van der Waals surface area contributed by atoms with Crippen molar-refractivity contribution in [1.29, 1.82) is 0 Å². The SMILES string of the molecule is FC(F)(F)c1cc(Cl)ccc1Nc1cnnc(N2CCc3ccccc32)n1. The number of aromatic nitrogens is 3. The summed E-state index contributed by atoms with van der Waals surface area (Å²) in [7, 11) is 0. The van der Waals surface area contributed by atoms with Crippen LogP contribution in [-0.2, 0) is 12.6 Å². The molecule has 1 aliphatic heterocycles. The number of rotatable bonds is 3. The fourth-order valence-electron chi connectivity index (χ4n) is 3.01. The molecule has 0 amide bonds. The third kappa shape index (κ3) is 3.52. The van der Waals surface area contributed by atoms with E-state index >= 15 is 0 Å². The molecule has 0 spiro atoms. The van der Waals surface area contributed by atoms with E-state index in [1.807, 2.05) is 29.2 Å². The van der Waals surface area contributed by atoms with E-state index in [-0.39, 0.29) is 16.5 Å². The van der Waals surface area contributed by atoms with Gasteiger partial charge >= 0.3 is 6.18 Å². The summed E-state index contributed by atoms with van der Waals surface area (Å²) in [5.41, 5.74) is 1.11. The van der Waals surface area contributed by atoms with Crippen molar-refractivity contribution in [1.82, 2.24) is 15.2 Å². The maximum atomic E-state index is 13.3. The summed E-state index contributed by atoms with van der Waals surface area (Å²) < 4.78 is 39.8. The zero-order valence-electron chi connectivity index (χ0n) is 13.8. The largest absolute Gasteiger partial charge is 0.418 e. The molecule has 0 aliphatic carbocycles. The Hall–Kier alpha value is -2.87. The molecular formula is C18H13ClF3N5. The molecule has 3 aromatic rings. The Morgan fingerprint density at radius 2 is 1.93 bits per heavy atom. The molecule has 0 unspecified atom stereocenters. The zero-order valence-corrected chi connectivity index (χ0v) is 14.6. The molecule has 0 fully saturated rings. The van der Waals surface area contributed by atoms with Crippen LogP contribution >= 0.6 is 11.6 Å². The van der Waals surface area contributed by atoms with Gasteiger partial charge < -0.3 is 10.2 Å². The summed E-state index contributed by atoms with van der Waals surface area (Å²) in [5, 5.41) is 10.6. The normalized spacial score (nSPS) is 13.6. The number of nitrogens with zero attached hydrogens (tertiary/aromatic N) is 4. The first-order chi connectivity index (χ1) is 12.9. The number of halogens is 4. The van der Waals surface area contributed by atoms with Gasteiger partial charge in [-0.05, 0) is 36.2 Å². The lowest BCUT2D eigenvalue weighted by molar-refractivity contribution is -0.136. The highest BCUT2D eigenvalue weighted by molar-refractivity contribution is 6.30. The van der Waals surface area contributed by atoms with E-state index in [0.717, 1.165) is 23.7 Å². The predicted molar refractivity (Wildman–Crippen MR) is 96.7 cm³/mol. The maximum absolute atomic E-state index is 13.3. The molecule has 0 saturated heterocycles. The van der Waals surface area contributed by atoms with Gasteiger partial charge in [-0.2, -0.15) is 23.3 Å². The van der Waals surface area contributed by atoms with Crippen molar-refractivity contribution in [3.63, 3.8) is 0 Å². The van der Waals surface area contributed by atoms with Gasteiger partial charge in [0, 0.05) is 17.3 Å². The zero-order chi connectivity index (χ0) is 19.0. The fraction of sp³-hybridized carbons (Fsp3) is 0.167. The minimum absolute atomic E-state index is 0.00282. The van der Waals surface area contributed by atoms with Crippen LogP contribution in [-0.4, -0.2) is 21.7 Å². The van der Waals surface area contributed by atoms with E-state index in [0.29, 0.717) is 12.5 Å². The second-order valence-corrected chi connectivity index (χ2v) is 6.42. The number of hydrogen-bond acceptors (Lipinski definition) is 5. The van der Waals surface area contributed by atoms with Gasteiger partial charge in [0.1, 0.15) is 0 Å². The lowest BCUT2D eigenvalue weighted by Gasteiger charge is -2.18. The summed E-state index contributed by atoms with van der Waals surface area (Å²) in [6.07, 6.45) is -2.43. The first-order valence-electron chi connectivity index (χ1n) is 8.11. The molecule has 1 aliphatic rings. The van der Waals surface area contributed by atoms with Crippen LogP contribution in [0.15, 0.2) is 48.7 Å². The van der Waals surface area contributed by atoms with Crippen molar-refractivity contribution in [3.05, 3.63) is 64.8 Å². The highest BCUT2D eigenvalue weighted by Crippen LogP contribution is 2.38. The Morgan fingerprint density at radius 1 is 1.11 bits per heavy atom. The van der Waals surface area contributed by atoms with Crippen LogP contribution in [0.1, 0.15) is 11.1 Å². The van der Waals surface area contributed by atoms with Crippen LogP contribution < -0.4 is 10.2 Å². The van der Waals surface area contributed by atoms with Crippen LogP contribution in [0.25, 0.3) is 0 Å². The van der Waals surface area contributed by atoms with Crippen LogP contribution in [0.3, 0.4) is 0 Å². The van der Waals surface area contributed by atoms with Gasteiger partial charge in [0.15, 0.2) is 5.82 Å². The molecule has 138 valence electrons. The average Bonchev–Trinajstić information content (AvgIpc) is 3.07. The molecule has 9 heteroatoms. The molecule has 0 radical (unpaired) electrons. The van der Waals surface area contributed by atoms with E-state index in [2.05, 4.69) is 20.5 Å². The first-order valence-corrected chi connectivity index (χ1v) is 8.48. The maximum Gasteiger partial charge on any atom is 0.418 e. The van der Waals surface area contributed by atoms with E-state index < -0.39 is 11.7 Å². The van der Waals surface area contributed by atoms with Crippen LogP contribution in [0.5, 0.6) is 0 Å². The molecule has 0 atom stereocenters. The monoisotopic (exact) mass is 391 g/mol. The van der Waals surface area contributed by atoms with Crippen LogP contribution in [0.2, 0.25) is 5.02 Å². The van der Waals surface area contributed by atoms with Crippen molar-refractivity contribution in [2.24, 2.45) is 0 Å². The topological polar surface area (TPSA) is 53.9 Å². The fourth-order valence-corrected chi connectivity index (χ4v) is 3.18. The van der Waals surface area contributed by atoms with Gasteiger partial charge in [-0.25, -0.2) is 0 Å². The molecule has 1 N–H and O–H groups in total. The average molecular weight is 392 g/mol. The highest BCUT2D eigenvalue weighted by atomic mass is 35.5. The van der Waals surface area contributed by atoms with E-state index in [4.69, 9.17) is 11.6 Å². The van der Waals surface area contributed by atoms with E-state index in [1.54, 1.807) is 0 Å². The molecule has 2 heterocycles. The van der Waals surface area contributed by atoms with Crippen molar-refractivity contribution in [2.45, 2.75) is 12.6 Å². The number of para-hydroxylation sites is 1. The molecule has 5 nitrogen and oxygen atoms in total. The third-order valence-corrected chi connectivity index (χ3v) is 4.46. The number of benzene rings is 2. The molecule has 0 saturated carbocycles. The Kier molecular flexibility index (Phi) is 4.35. The number of alkyl halides is 3. The van der Waals surface area contributed by atoms with Gasteiger partial charge in [-0.15, -0.1) is 5.10 Å². The molecule has 27 heavy (non-hydrogen) atoms. The van der Waals surface area contributed by atoms with Gasteiger partial charge in [-0.3, -0.25) is 0 Å². The lowest BCUT2D eigenvalue weighted by atomic mass is 10.1. The van der Waals surface area contributed by atoms with E-state index in [1.165, 1.54) is 18.3 Å². The minimum Gasteiger partial charge on any atom is -0.338 e. The second-order valence-electron chi connectivity index (χ2n) is 5.98.